The third kappa shape index (κ3) is 3.67. The number of hydrogen-bond acceptors (Lipinski definition) is 2. The maximum absolute atomic E-state index is 10.4. The van der Waals surface area contributed by atoms with E-state index in [1.54, 1.807) is 0 Å². The Bertz CT molecular complexity index is 3040. The summed E-state index contributed by atoms with van der Waals surface area (Å²) in [4.78, 5) is 0. The molecule has 49 heavy (non-hydrogen) atoms. The number of nitrogens with zero attached hydrogens (tertiary/aromatic N) is 5. The number of hydrogen-bond donors (Lipinski definition) is 0. The van der Waals surface area contributed by atoms with Gasteiger partial charge in [-0.05, 0) is 72.8 Å². The second kappa shape index (κ2) is 10.2. The van der Waals surface area contributed by atoms with E-state index in [-0.39, 0.29) is 0 Å². The lowest BCUT2D eigenvalue weighted by Gasteiger charge is -2.11. The molecule has 226 valence electrons. The van der Waals surface area contributed by atoms with Gasteiger partial charge in [0.25, 0.3) is 0 Å². The molecule has 0 bridgehead atoms. The van der Waals surface area contributed by atoms with Crippen LogP contribution < -0.4 is 0 Å². The minimum Gasteiger partial charge on any atom is -0.309 e. The van der Waals surface area contributed by atoms with Crippen molar-refractivity contribution < 1.29 is 0 Å². The SMILES string of the molecule is N#Cc1ccc(-n2c3ccccc3c3c2ccc2c4ccc5c(c6cccc(C#N)c6n5-c5ccccc5)c4n(-c4ccccc4)c23)cc1. The highest BCUT2D eigenvalue weighted by molar-refractivity contribution is 6.31. The van der Waals surface area contributed by atoms with Crippen LogP contribution in [0.3, 0.4) is 0 Å². The van der Waals surface area contributed by atoms with E-state index in [1.165, 1.54) is 0 Å². The first kappa shape index (κ1) is 27.1. The van der Waals surface area contributed by atoms with E-state index >= 15 is 0 Å². The van der Waals surface area contributed by atoms with E-state index < -0.39 is 0 Å². The molecule has 0 atom stereocenters. The van der Waals surface area contributed by atoms with Crippen LogP contribution in [0.5, 0.6) is 0 Å². The summed E-state index contributed by atoms with van der Waals surface area (Å²) in [6, 6.07) is 57.0. The summed E-state index contributed by atoms with van der Waals surface area (Å²) in [5.41, 5.74) is 10.7. The molecule has 0 saturated heterocycles. The fraction of sp³-hybridized carbons (Fsp3) is 0. The van der Waals surface area contributed by atoms with Gasteiger partial charge >= 0.3 is 0 Å². The van der Waals surface area contributed by atoms with Crippen LogP contribution in [-0.2, 0) is 0 Å². The normalized spacial score (nSPS) is 11.6. The van der Waals surface area contributed by atoms with Gasteiger partial charge in [-0.1, -0.05) is 78.9 Å². The van der Waals surface area contributed by atoms with Crippen molar-refractivity contribution in [1.29, 1.82) is 10.5 Å². The van der Waals surface area contributed by atoms with Crippen LogP contribution in [0.1, 0.15) is 11.1 Å². The van der Waals surface area contributed by atoms with E-state index in [0.29, 0.717) is 11.1 Å². The predicted octanol–water partition coefficient (Wildman–Crippen LogP) is 10.7. The first-order valence-corrected chi connectivity index (χ1v) is 16.2. The third-order valence-corrected chi connectivity index (χ3v) is 9.88. The molecule has 7 aromatic carbocycles. The van der Waals surface area contributed by atoms with Crippen molar-refractivity contribution >= 4 is 65.4 Å². The molecule has 5 heteroatoms. The molecule has 0 radical (unpaired) electrons. The van der Waals surface area contributed by atoms with Crippen LogP contribution in [0.15, 0.2) is 152 Å². The predicted molar refractivity (Wildman–Crippen MR) is 199 cm³/mol. The molecule has 0 aliphatic heterocycles. The first-order chi connectivity index (χ1) is 24.3. The van der Waals surface area contributed by atoms with Crippen molar-refractivity contribution in [2.75, 3.05) is 0 Å². The molecule has 0 N–H and O–H groups in total. The van der Waals surface area contributed by atoms with E-state index in [9.17, 15) is 10.5 Å². The fourth-order valence-electron chi connectivity index (χ4n) is 7.93. The van der Waals surface area contributed by atoms with Crippen LogP contribution >= 0.6 is 0 Å². The second-order valence-electron chi connectivity index (χ2n) is 12.4. The largest absolute Gasteiger partial charge is 0.309 e. The molecular formula is C44H25N5. The van der Waals surface area contributed by atoms with Crippen molar-refractivity contribution in [3.05, 3.63) is 163 Å². The van der Waals surface area contributed by atoms with Gasteiger partial charge in [-0.2, -0.15) is 10.5 Å². The van der Waals surface area contributed by atoms with Crippen molar-refractivity contribution in [3.63, 3.8) is 0 Å². The Morgan fingerprint density at radius 3 is 1.55 bits per heavy atom. The zero-order valence-electron chi connectivity index (χ0n) is 26.2. The summed E-state index contributed by atoms with van der Waals surface area (Å²) in [7, 11) is 0. The smallest absolute Gasteiger partial charge is 0.101 e. The van der Waals surface area contributed by atoms with Gasteiger partial charge in [-0.15, -0.1) is 0 Å². The molecule has 0 spiro atoms. The van der Waals surface area contributed by atoms with Gasteiger partial charge in [0, 0.05) is 49.4 Å². The highest BCUT2D eigenvalue weighted by Gasteiger charge is 2.25. The molecule has 0 amide bonds. The molecule has 10 aromatic rings. The van der Waals surface area contributed by atoms with E-state index in [0.717, 1.165) is 82.5 Å². The monoisotopic (exact) mass is 623 g/mol. The Labute approximate surface area is 280 Å². The Morgan fingerprint density at radius 1 is 0.347 bits per heavy atom. The minimum absolute atomic E-state index is 0.634. The summed E-state index contributed by atoms with van der Waals surface area (Å²) >= 11 is 0. The Hall–Kier alpha value is -7.08. The quantitative estimate of drug-likeness (QED) is 0.197. The lowest BCUT2D eigenvalue weighted by atomic mass is 10.1. The molecule has 5 nitrogen and oxygen atoms in total. The number of fused-ring (bicyclic) bond motifs is 11. The second-order valence-corrected chi connectivity index (χ2v) is 12.4. The maximum Gasteiger partial charge on any atom is 0.101 e. The summed E-state index contributed by atoms with van der Waals surface area (Å²) in [5, 5.41) is 26.6. The molecule has 0 fully saturated rings. The number of benzene rings is 7. The third-order valence-electron chi connectivity index (χ3n) is 9.88. The van der Waals surface area contributed by atoms with Crippen LogP contribution in [0.2, 0.25) is 0 Å². The number of para-hydroxylation sites is 4. The lowest BCUT2D eigenvalue weighted by molar-refractivity contribution is 1.17. The van der Waals surface area contributed by atoms with Crippen LogP contribution in [0.25, 0.3) is 82.5 Å². The Kier molecular flexibility index (Phi) is 5.64. The van der Waals surface area contributed by atoms with Crippen molar-refractivity contribution in [2.24, 2.45) is 0 Å². The summed E-state index contributed by atoms with van der Waals surface area (Å²) in [5.74, 6) is 0. The van der Waals surface area contributed by atoms with Gasteiger partial charge in [0.05, 0.1) is 50.3 Å². The number of rotatable bonds is 3. The maximum atomic E-state index is 10.4. The van der Waals surface area contributed by atoms with Crippen molar-refractivity contribution in [2.45, 2.75) is 0 Å². The average molecular weight is 624 g/mol. The van der Waals surface area contributed by atoms with Gasteiger partial charge in [0.1, 0.15) is 6.07 Å². The molecule has 0 aliphatic carbocycles. The van der Waals surface area contributed by atoms with Gasteiger partial charge in [-0.3, -0.25) is 0 Å². The molecule has 3 heterocycles. The van der Waals surface area contributed by atoms with Crippen LogP contribution in [-0.4, -0.2) is 13.7 Å². The lowest BCUT2D eigenvalue weighted by Crippen LogP contribution is -1.96. The highest BCUT2D eigenvalue weighted by atomic mass is 15.0. The Balaban J connectivity index is 1.46. The van der Waals surface area contributed by atoms with E-state index in [2.05, 4.69) is 123 Å². The zero-order valence-corrected chi connectivity index (χ0v) is 26.2. The number of aromatic nitrogens is 3. The van der Waals surface area contributed by atoms with E-state index in [4.69, 9.17) is 0 Å². The zero-order chi connectivity index (χ0) is 32.6. The van der Waals surface area contributed by atoms with Crippen LogP contribution in [0.4, 0.5) is 0 Å². The molecule has 3 aromatic heterocycles. The van der Waals surface area contributed by atoms with Gasteiger partial charge < -0.3 is 13.7 Å². The van der Waals surface area contributed by atoms with Gasteiger partial charge in [-0.25, -0.2) is 0 Å². The minimum atomic E-state index is 0.634. The summed E-state index contributed by atoms with van der Waals surface area (Å²) in [6.07, 6.45) is 0. The fourth-order valence-corrected chi connectivity index (χ4v) is 7.93. The molecule has 10 rings (SSSR count). The number of nitriles is 2. The summed E-state index contributed by atoms with van der Waals surface area (Å²) < 4.78 is 6.97. The topological polar surface area (TPSA) is 62.4 Å². The molecular weight excluding hydrogens is 599 g/mol. The first-order valence-electron chi connectivity index (χ1n) is 16.2. The van der Waals surface area contributed by atoms with Gasteiger partial charge in [0.15, 0.2) is 0 Å². The van der Waals surface area contributed by atoms with E-state index in [1.807, 2.05) is 54.6 Å². The molecule has 0 unspecified atom stereocenters. The average Bonchev–Trinajstić information content (AvgIpc) is 3.81. The van der Waals surface area contributed by atoms with Crippen molar-refractivity contribution in [3.8, 4) is 29.2 Å². The Morgan fingerprint density at radius 2 is 0.898 bits per heavy atom. The summed E-state index contributed by atoms with van der Waals surface area (Å²) in [6.45, 7) is 0. The van der Waals surface area contributed by atoms with Crippen molar-refractivity contribution in [1.82, 2.24) is 13.7 Å². The molecule has 0 saturated carbocycles. The highest BCUT2D eigenvalue weighted by Crippen LogP contribution is 2.46. The van der Waals surface area contributed by atoms with Crippen LogP contribution in [0, 0.1) is 22.7 Å². The molecule has 0 aliphatic rings. The standard InChI is InChI=1S/C44H25N5/c45-26-28-18-20-32(21-19-28)47-37-17-8-7-15-35(37)40-38(47)24-22-33-34-23-25-39-41(44(34)49(43(33)40)31-13-5-2-6-14-31)36-16-9-10-29(27-46)42(36)48(39)30-11-3-1-4-12-30/h1-25H. The van der Waals surface area contributed by atoms with Gasteiger partial charge in [0.2, 0.25) is 0 Å².